The molecular formula is C21H15ClFN5OS. The highest BCUT2D eigenvalue weighted by Crippen LogP contribution is 2.21. The van der Waals surface area contributed by atoms with Crippen LogP contribution in [0.5, 0.6) is 0 Å². The van der Waals surface area contributed by atoms with Crippen molar-refractivity contribution in [2.24, 2.45) is 0 Å². The summed E-state index contributed by atoms with van der Waals surface area (Å²) in [7, 11) is 0. The maximum absolute atomic E-state index is 13.3. The third-order valence-corrected chi connectivity index (χ3v) is 4.95. The van der Waals surface area contributed by atoms with Crippen LogP contribution in [0.25, 0.3) is 16.7 Å². The first-order valence-corrected chi connectivity index (χ1v) is 9.69. The third kappa shape index (κ3) is 4.29. The summed E-state index contributed by atoms with van der Waals surface area (Å²) in [5, 5.41) is 15.1. The zero-order valence-corrected chi connectivity index (χ0v) is 17.3. The summed E-state index contributed by atoms with van der Waals surface area (Å²) in [4.78, 5) is 13.7. The van der Waals surface area contributed by atoms with Crippen molar-refractivity contribution < 1.29 is 9.18 Å². The summed E-state index contributed by atoms with van der Waals surface area (Å²) in [6.07, 6.45) is 0. The maximum atomic E-state index is 13.3. The Bertz CT molecular complexity index is 1290. The molecule has 3 aromatic carbocycles. The molecule has 4 rings (SSSR count). The van der Waals surface area contributed by atoms with Crippen molar-refractivity contribution in [3.63, 3.8) is 0 Å². The largest absolute Gasteiger partial charge is 0.332 e. The highest BCUT2D eigenvalue weighted by atomic mass is 35.5. The zero-order chi connectivity index (χ0) is 21.3. The predicted molar refractivity (Wildman–Crippen MR) is 119 cm³/mol. The Kier molecular flexibility index (Phi) is 5.43. The van der Waals surface area contributed by atoms with E-state index in [9.17, 15) is 9.18 Å². The van der Waals surface area contributed by atoms with Crippen LogP contribution in [-0.2, 0) is 0 Å². The van der Waals surface area contributed by atoms with E-state index >= 15 is 0 Å². The lowest BCUT2D eigenvalue weighted by atomic mass is 10.2. The van der Waals surface area contributed by atoms with Crippen LogP contribution in [0.1, 0.15) is 15.9 Å². The van der Waals surface area contributed by atoms with Crippen LogP contribution in [0.4, 0.5) is 10.1 Å². The van der Waals surface area contributed by atoms with Crippen molar-refractivity contribution >= 4 is 51.6 Å². The number of amides is 1. The summed E-state index contributed by atoms with van der Waals surface area (Å²) in [5.41, 5.74) is 3.84. The molecule has 150 valence electrons. The fourth-order valence-electron chi connectivity index (χ4n) is 2.78. The fraction of sp³-hybridized carbons (Fsp3) is 0.0476. The van der Waals surface area contributed by atoms with E-state index in [1.807, 2.05) is 19.1 Å². The molecule has 4 aromatic rings. The second kappa shape index (κ2) is 8.17. The number of hydrogen-bond acceptors (Lipinski definition) is 4. The molecule has 0 bridgehead atoms. The Hall–Kier alpha value is -3.36. The first-order chi connectivity index (χ1) is 14.4. The van der Waals surface area contributed by atoms with E-state index in [2.05, 4.69) is 20.8 Å². The molecule has 0 aliphatic heterocycles. The van der Waals surface area contributed by atoms with Gasteiger partial charge in [0.1, 0.15) is 16.9 Å². The maximum Gasteiger partial charge on any atom is 0.257 e. The average molecular weight is 440 g/mol. The average Bonchev–Trinajstić information content (AvgIpc) is 3.13. The molecule has 6 nitrogen and oxygen atoms in total. The molecule has 0 fully saturated rings. The Labute approximate surface area is 181 Å². The number of halogens is 2. The fourth-order valence-corrected chi connectivity index (χ4v) is 3.17. The number of fused-ring (bicyclic) bond motifs is 1. The smallest absolute Gasteiger partial charge is 0.257 e. The van der Waals surface area contributed by atoms with Gasteiger partial charge in [-0.15, -0.1) is 10.2 Å². The minimum atomic E-state index is -0.504. The van der Waals surface area contributed by atoms with E-state index in [0.29, 0.717) is 21.7 Å². The molecule has 0 saturated carbocycles. The highest BCUT2D eigenvalue weighted by molar-refractivity contribution is 7.80. The predicted octanol–water partition coefficient (Wildman–Crippen LogP) is 4.65. The van der Waals surface area contributed by atoms with E-state index in [1.165, 1.54) is 23.0 Å². The number of nitrogens with one attached hydrogen (secondary N) is 2. The number of anilines is 1. The van der Waals surface area contributed by atoms with Crippen LogP contribution in [-0.4, -0.2) is 26.0 Å². The minimum Gasteiger partial charge on any atom is -0.332 e. The van der Waals surface area contributed by atoms with Crippen LogP contribution >= 0.6 is 23.8 Å². The van der Waals surface area contributed by atoms with Crippen molar-refractivity contribution in [2.75, 3.05) is 5.32 Å². The third-order valence-electron chi connectivity index (χ3n) is 4.34. The minimum absolute atomic E-state index is 0.0846. The number of thiocarbonyl (C=S) groups is 1. The van der Waals surface area contributed by atoms with E-state index in [4.69, 9.17) is 23.8 Å². The van der Waals surface area contributed by atoms with E-state index in [-0.39, 0.29) is 10.7 Å². The normalized spacial score (nSPS) is 10.8. The molecule has 0 aliphatic rings. The highest BCUT2D eigenvalue weighted by Gasteiger charge is 2.11. The van der Waals surface area contributed by atoms with Crippen molar-refractivity contribution in [1.29, 1.82) is 0 Å². The molecule has 1 heterocycles. The molecule has 0 atom stereocenters. The van der Waals surface area contributed by atoms with Crippen LogP contribution in [0.2, 0.25) is 5.02 Å². The quantitative estimate of drug-likeness (QED) is 0.455. The molecule has 1 amide bonds. The lowest BCUT2D eigenvalue weighted by Gasteiger charge is -2.09. The molecule has 0 radical (unpaired) electrons. The van der Waals surface area contributed by atoms with Gasteiger partial charge in [0.05, 0.1) is 5.69 Å². The van der Waals surface area contributed by atoms with Crippen molar-refractivity contribution in [1.82, 2.24) is 20.3 Å². The van der Waals surface area contributed by atoms with Gasteiger partial charge >= 0.3 is 0 Å². The number of hydrogen-bond donors (Lipinski definition) is 2. The standard InChI is InChI=1S/C21H15ClFN5OS/c1-12-5-7-16(11-17(12)22)28-26-18-8-6-15(10-19(18)27-28)24-21(30)25-20(29)13-3-2-4-14(23)9-13/h2-11H,1H3,(H2,24,25,29,30). The Morgan fingerprint density at radius 3 is 2.63 bits per heavy atom. The summed E-state index contributed by atoms with van der Waals surface area (Å²) >= 11 is 11.4. The van der Waals surface area contributed by atoms with Gasteiger partial charge in [0.15, 0.2) is 5.11 Å². The lowest BCUT2D eigenvalue weighted by Crippen LogP contribution is -2.34. The van der Waals surface area contributed by atoms with Crippen LogP contribution in [0.3, 0.4) is 0 Å². The summed E-state index contributed by atoms with van der Waals surface area (Å²) in [6.45, 7) is 1.92. The number of nitrogens with zero attached hydrogens (tertiary/aromatic N) is 3. The van der Waals surface area contributed by atoms with Gasteiger partial charge in [-0.2, -0.15) is 4.80 Å². The van der Waals surface area contributed by atoms with Crippen LogP contribution in [0, 0.1) is 12.7 Å². The van der Waals surface area contributed by atoms with Crippen LogP contribution in [0.15, 0.2) is 60.7 Å². The number of aromatic nitrogens is 3. The topological polar surface area (TPSA) is 71.8 Å². The molecule has 2 N–H and O–H groups in total. The zero-order valence-electron chi connectivity index (χ0n) is 15.7. The molecule has 1 aromatic heterocycles. The molecular weight excluding hydrogens is 425 g/mol. The van der Waals surface area contributed by atoms with Crippen molar-refractivity contribution in [3.05, 3.63) is 82.6 Å². The van der Waals surface area contributed by atoms with Crippen molar-refractivity contribution in [3.8, 4) is 5.69 Å². The molecule has 0 aliphatic carbocycles. The van der Waals surface area contributed by atoms with Gasteiger partial charge in [0.2, 0.25) is 0 Å². The van der Waals surface area contributed by atoms with Crippen molar-refractivity contribution in [2.45, 2.75) is 6.92 Å². The Balaban J connectivity index is 1.50. The Morgan fingerprint density at radius 2 is 1.87 bits per heavy atom. The SMILES string of the molecule is Cc1ccc(-n2nc3ccc(NC(=S)NC(=O)c4cccc(F)c4)cc3n2)cc1Cl. The molecule has 30 heavy (non-hydrogen) atoms. The first kappa shape index (κ1) is 19.9. The monoisotopic (exact) mass is 439 g/mol. The first-order valence-electron chi connectivity index (χ1n) is 8.90. The van der Waals surface area contributed by atoms with Gasteiger partial charge in [-0.05, 0) is 73.2 Å². The van der Waals surface area contributed by atoms with Crippen LogP contribution < -0.4 is 10.6 Å². The number of benzene rings is 3. The van der Waals surface area contributed by atoms with E-state index in [1.54, 1.807) is 24.3 Å². The summed E-state index contributed by atoms with van der Waals surface area (Å²) in [5.74, 6) is -1.000. The van der Waals surface area contributed by atoms with Gasteiger partial charge in [0, 0.05) is 16.3 Å². The van der Waals surface area contributed by atoms with E-state index < -0.39 is 11.7 Å². The number of aryl methyl sites for hydroxylation is 1. The second-order valence-corrected chi connectivity index (χ2v) is 7.36. The van der Waals surface area contributed by atoms with E-state index in [0.717, 1.165) is 17.3 Å². The molecule has 0 unspecified atom stereocenters. The molecule has 0 spiro atoms. The molecule has 0 saturated heterocycles. The molecule has 9 heteroatoms. The van der Waals surface area contributed by atoms with Gasteiger partial charge in [0.25, 0.3) is 5.91 Å². The number of carbonyl (C=O) groups is 1. The Morgan fingerprint density at radius 1 is 1.07 bits per heavy atom. The summed E-state index contributed by atoms with van der Waals surface area (Å²) in [6, 6.07) is 16.3. The number of carbonyl (C=O) groups excluding carboxylic acids is 1. The van der Waals surface area contributed by atoms with Gasteiger partial charge in [-0.3, -0.25) is 10.1 Å². The van der Waals surface area contributed by atoms with Gasteiger partial charge in [-0.25, -0.2) is 4.39 Å². The van der Waals surface area contributed by atoms with Gasteiger partial charge < -0.3 is 5.32 Å². The second-order valence-electron chi connectivity index (χ2n) is 6.55. The lowest BCUT2D eigenvalue weighted by molar-refractivity contribution is 0.0977. The van der Waals surface area contributed by atoms with Gasteiger partial charge in [-0.1, -0.05) is 23.7 Å². The summed E-state index contributed by atoms with van der Waals surface area (Å²) < 4.78 is 13.3. The number of rotatable bonds is 3.